The van der Waals surface area contributed by atoms with Gasteiger partial charge in [-0.3, -0.25) is 0 Å². The van der Waals surface area contributed by atoms with Gasteiger partial charge >= 0.3 is 0 Å². The summed E-state index contributed by atoms with van der Waals surface area (Å²) in [6.45, 7) is 0.785. The molecule has 6 atom stereocenters. The Morgan fingerprint density at radius 1 is 1.05 bits per heavy atom. The van der Waals surface area contributed by atoms with Crippen LogP contribution < -0.4 is 0 Å². The molecule has 7 nitrogen and oxygen atoms in total. The van der Waals surface area contributed by atoms with Crippen molar-refractivity contribution >= 4 is 0 Å². The minimum absolute atomic E-state index is 0.384. The monoisotopic (exact) mass is 278 g/mol. The van der Waals surface area contributed by atoms with Crippen LogP contribution in [0.3, 0.4) is 0 Å². The molecule has 4 N–H and O–H groups in total. The lowest BCUT2D eigenvalue weighted by Gasteiger charge is -2.39. The molecule has 2 aliphatic rings. The van der Waals surface area contributed by atoms with E-state index < -0.39 is 37.3 Å². The van der Waals surface area contributed by atoms with E-state index in [-0.39, 0.29) is 0 Å². The molecule has 0 aromatic heterocycles. The first-order valence-corrected chi connectivity index (χ1v) is 6.67. The van der Waals surface area contributed by atoms with Crippen LogP contribution in [0.1, 0.15) is 19.3 Å². The fraction of sp³-hybridized carbons (Fsp3) is 1.00. The molecular weight excluding hydrogens is 256 g/mol. The Balaban J connectivity index is 1.68. The van der Waals surface area contributed by atoms with Crippen LogP contribution >= 0.6 is 0 Å². The van der Waals surface area contributed by atoms with E-state index in [1.807, 2.05) is 0 Å². The van der Waals surface area contributed by atoms with Crippen LogP contribution in [0.15, 0.2) is 0 Å². The van der Waals surface area contributed by atoms with E-state index >= 15 is 0 Å². The minimum atomic E-state index is -1.38. The maximum Gasteiger partial charge on any atom is 0.186 e. The predicted molar refractivity (Wildman–Crippen MR) is 63.3 cm³/mol. The van der Waals surface area contributed by atoms with Gasteiger partial charge in [0.2, 0.25) is 0 Å². The summed E-state index contributed by atoms with van der Waals surface area (Å²) in [7, 11) is 0. The number of epoxide rings is 1. The Morgan fingerprint density at radius 3 is 2.42 bits per heavy atom. The highest BCUT2D eigenvalue weighted by molar-refractivity contribution is 4.88. The highest BCUT2D eigenvalue weighted by Crippen LogP contribution is 2.22. The lowest BCUT2D eigenvalue weighted by atomic mass is 9.99. The second-order valence-corrected chi connectivity index (χ2v) is 5.02. The normalized spacial score (nSPS) is 42.3. The molecule has 0 bridgehead atoms. The summed E-state index contributed by atoms with van der Waals surface area (Å²) in [5.41, 5.74) is 0. The third-order valence-electron chi connectivity index (χ3n) is 3.45. The molecule has 112 valence electrons. The molecule has 2 fully saturated rings. The van der Waals surface area contributed by atoms with Crippen LogP contribution in [0.2, 0.25) is 0 Å². The molecule has 0 radical (unpaired) electrons. The molecule has 0 aliphatic carbocycles. The largest absolute Gasteiger partial charge is 0.394 e. The van der Waals surface area contributed by atoms with Crippen LogP contribution in [0.5, 0.6) is 0 Å². The maximum absolute atomic E-state index is 9.71. The summed E-state index contributed by atoms with van der Waals surface area (Å²) >= 11 is 0. The summed E-state index contributed by atoms with van der Waals surface area (Å²) in [4.78, 5) is 0. The van der Waals surface area contributed by atoms with E-state index in [2.05, 4.69) is 0 Å². The van der Waals surface area contributed by atoms with Gasteiger partial charge in [0, 0.05) is 6.61 Å². The van der Waals surface area contributed by atoms with E-state index in [0.717, 1.165) is 25.9 Å². The van der Waals surface area contributed by atoms with Crippen LogP contribution in [0, 0.1) is 0 Å². The van der Waals surface area contributed by atoms with Crippen molar-refractivity contribution in [3.63, 3.8) is 0 Å². The third-order valence-corrected chi connectivity index (χ3v) is 3.45. The molecule has 2 heterocycles. The van der Waals surface area contributed by atoms with E-state index in [4.69, 9.17) is 19.3 Å². The quantitative estimate of drug-likeness (QED) is 0.327. The van der Waals surface area contributed by atoms with Crippen molar-refractivity contribution in [2.45, 2.75) is 56.1 Å². The van der Waals surface area contributed by atoms with Crippen LogP contribution in [0.25, 0.3) is 0 Å². The van der Waals surface area contributed by atoms with E-state index in [0.29, 0.717) is 12.7 Å². The van der Waals surface area contributed by atoms with Gasteiger partial charge in [-0.15, -0.1) is 0 Å². The third kappa shape index (κ3) is 4.09. The van der Waals surface area contributed by atoms with Gasteiger partial charge in [-0.2, -0.15) is 0 Å². The zero-order valence-electron chi connectivity index (χ0n) is 10.7. The summed E-state index contributed by atoms with van der Waals surface area (Å²) in [6, 6.07) is 0. The fourth-order valence-corrected chi connectivity index (χ4v) is 2.11. The molecule has 0 amide bonds. The zero-order chi connectivity index (χ0) is 13.8. The molecule has 0 saturated carbocycles. The first-order valence-electron chi connectivity index (χ1n) is 6.67. The van der Waals surface area contributed by atoms with Crippen molar-refractivity contribution in [1.82, 2.24) is 0 Å². The average molecular weight is 278 g/mol. The fourth-order valence-electron chi connectivity index (χ4n) is 2.11. The summed E-state index contributed by atoms with van der Waals surface area (Å²) < 4.78 is 15.6. The lowest BCUT2D eigenvalue weighted by molar-refractivity contribution is -0.301. The van der Waals surface area contributed by atoms with Gasteiger partial charge < -0.3 is 34.6 Å². The molecule has 0 spiro atoms. The van der Waals surface area contributed by atoms with Gasteiger partial charge in [-0.1, -0.05) is 0 Å². The predicted octanol–water partition coefficient (Wildman–Crippen LogP) is -1.63. The molecule has 2 saturated heterocycles. The standard InChI is InChI=1S/C12H22O7/c13-5-8-9(14)10(15)11(16)12(19-8)17-4-2-1-3-7-6-18-7/h7-16H,1-6H2/t7?,8-,9-,10+,11-,12+/m1/s1. The topological polar surface area (TPSA) is 112 Å². The Hall–Kier alpha value is -0.280. The number of hydrogen-bond donors (Lipinski definition) is 4. The molecular formula is C12H22O7. The second kappa shape index (κ2) is 6.94. The molecule has 7 heteroatoms. The molecule has 2 aliphatic heterocycles. The van der Waals surface area contributed by atoms with E-state index in [1.54, 1.807) is 0 Å². The second-order valence-electron chi connectivity index (χ2n) is 5.02. The van der Waals surface area contributed by atoms with E-state index in [1.165, 1.54) is 0 Å². The maximum atomic E-state index is 9.71. The first-order chi connectivity index (χ1) is 9.13. The van der Waals surface area contributed by atoms with Gasteiger partial charge in [0.25, 0.3) is 0 Å². The average Bonchev–Trinajstić information content (AvgIpc) is 3.22. The van der Waals surface area contributed by atoms with Gasteiger partial charge in [0.15, 0.2) is 6.29 Å². The van der Waals surface area contributed by atoms with Crippen LogP contribution in [-0.4, -0.2) is 77.1 Å². The van der Waals surface area contributed by atoms with Crippen LogP contribution in [0.4, 0.5) is 0 Å². The highest BCUT2D eigenvalue weighted by Gasteiger charge is 2.43. The molecule has 1 unspecified atom stereocenters. The van der Waals surface area contributed by atoms with E-state index in [9.17, 15) is 15.3 Å². The van der Waals surface area contributed by atoms with Gasteiger partial charge in [-0.05, 0) is 19.3 Å². The number of aliphatic hydroxyl groups excluding tert-OH is 4. The summed E-state index contributed by atoms with van der Waals surface area (Å²) in [6.07, 6.45) is -2.81. The zero-order valence-corrected chi connectivity index (χ0v) is 10.7. The Morgan fingerprint density at radius 2 is 1.79 bits per heavy atom. The number of ether oxygens (including phenoxy) is 3. The van der Waals surface area contributed by atoms with Crippen molar-refractivity contribution < 1.29 is 34.6 Å². The number of aliphatic hydroxyl groups is 4. The van der Waals surface area contributed by atoms with Crippen molar-refractivity contribution in [2.75, 3.05) is 19.8 Å². The number of rotatable bonds is 7. The number of unbranched alkanes of at least 4 members (excludes halogenated alkanes) is 1. The summed E-state index contributed by atoms with van der Waals surface area (Å²) in [5.74, 6) is 0. The smallest absolute Gasteiger partial charge is 0.186 e. The van der Waals surface area contributed by atoms with Crippen LogP contribution in [-0.2, 0) is 14.2 Å². The Kier molecular flexibility index (Phi) is 5.52. The molecule has 19 heavy (non-hydrogen) atoms. The Bertz CT molecular complexity index is 269. The van der Waals surface area contributed by atoms with Gasteiger partial charge in [-0.25, -0.2) is 0 Å². The first kappa shape index (κ1) is 15.1. The molecule has 0 aromatic carbocycles. The van der Waals surface area contributed by atoms with Gasteiger partial charge in [0.1, 0.15) is 24.4 Å². The van der Waals surface area contributed by atoms with Crippen molar-refractivity contribution in [3.8, 4) is 0 Å². The van der Waals surface area contributed by atoms with Crippen molar-refractivity contribution in [1.29, 1.82) is 0 Å². The number of hydrogen-bond acceptors (Lipinski definition) is 7. The van der Waals surface area contributed by atoms with Gasteiger partial charge in [0.05, 0.1) is 19.3 Å². The van der Waals surface area contributed by atoms with Crippen molar-refractivity contribution in [2.24, 2.45) is 0 Å². The molecule has 0 aromatic rings. The minimum Gasteiger partial charge on any atom is -0.394 e. The summed E-state index contributed by atoms with van der Waals surface area (Å²) in [5, 5.41) is 37.9. The lowest BCUT2D eigenvalue weighted by Crippen LogP contribution is -2.59. The SMILES string of the molecule is OC[C@H]1O[C@H](OCCCCC2CO2)[C@H](O)[C@@H](O)[C@@H]1O. The Labute approximate surface area is 111 Å². The van der Waals surface area contributed by atoms with Crippen molar-refractivity contribution in [3.05, 3.63) is 0 Å². The highest BCUT2D eigenvalue weighted by atomic mass is 16.7. The molecule has 2 rings (SSSR count).